The zero-order chi connectivity index (χ0) is 34.4. The molecule has 2 heterocycles. The summed E-state index contributed by atoms with van der Waals surface area (Å²) in [6.07, 6.45) is 0. The van der Waals surface area contributed by atoms with Gasteiger partial charge < -0.3 is 8.83 Å². The third kappa shape index (κ3) is 5.37. The molecule has 0 fully saturated rings. The lowest BCUT2D eigenvalue weighted by atomic mass is 9.93. The fourth-order valence-electron chi connectivity index (χ4n) is 7.24. The van der Waals surface area contributed by atoms with E-state index in [0.29, 0.717) is 5.89 Å². The molecule has 3 nitrogen and oxygen atoms in total. The number of benzene rings is 8. The fraction of sp³-hybridized carbons (Fsp3) is 0. The molecule has 0 saturated carbocycles. The Kier molecular flexibility index (Phi) is 7.14. The van der Waals surface area contributed by atoms with Crippen LogP contribution in [0.15, 0.2) is 197 Å². The van der Waals surface area contributed by atoms with Gasteiger partial charge in [-0.15, -0.1) is 0 Å². The Morgan fingerprint density at radius 3 is 1.50 bits per heavy atom. The lowest BCUT2D eigenvalue weighted by molar-refractivity contribution is 0.620. The number of hydrogen-bond acceptors (Lipinski definition) is 3. The van der Waals surface area contributed by atoms with Crippen molar-refractivity contribution in [3.8, 4) is 67.1 Å². The second-order valence-electron chi connectivity index (χ2n) is 13.2. The van der Waals surface area contributed by atoms with Gasteiger partial charge in [-0.05, 0) is 111 Å². The predicted octanol–water partition coefficient (Wildman–Crippen LogP) is 13.7. The number of fused-ring (bicyclic) bond motifs is 4. The van der Waals surface area contributed by atoms with Crippen LogP contribution < -0.4 is 0 Å². The van der Waals surface area contributed by atoms with Gasteiger partial charge in [0, 0.05) is 21.9 Å². The van der Waals surface area contributed by atoms with Crippen molar-refractivity contribution in [3.05, 3.63) is 188 Å². The number of aromatic nitrogens is 1. The van der Waals surface area contributed by atoms with Crippen LogP contribution in [0.3, 0.4) is 0 Å². The highest BCUT2D eigenvalue weighted by molar-refractivity contribution is 6.12. The third-order valence-corrected chi connectivity index (χ3v) is 9.91. The highest BCUT2D eigenvalue weighted by atomic mass is 16.3. The Bertz CT molecular complexity index is 2850. The van der Waals surface area contributed by atoms with E-state index in [9.17, 15) is 0 Å². The van der Waals surface area contributed by atoms with Crippen molar-refractivity contribution < 1.29 is 8.83 Å². The van der Waals surface area contributed by atoms with Crippen molar-refractivity contribution in [2.24, 2.45) is 0 Å². The number of furan rings is 1. The molecular formula is C49H31NO2. The van der Waals surface area contributed by atoms with Crippen molar-refractivity contribution in [3.63, 3.8) is 0 Å². The maximum absolute atomic E-state index is 6.73. The van der Waals surface area contributed by atoms with Crippen LogP contribution in [0.25, 0.3) is 100 Å². The zero-order valence-electron chi connectivity index (χ0n) is 28.2. The first-order valence-electron chi connectivity index (χ1n) is 17.5. The first-order chi connectivity index (χ1) is 25.7. The topological polar surface area (TPSA) is 39.2 Å². The van der Waals surface area contributed by atoms with Crippen LogP contribution in [-0.2, 0) is 0 Å². The minimum Gasteiger partial charge on any atom is -0.455 e. The van der Waals surface area contributed by atoms with Crippen LogP contribution in [0.4, 0.5) is 0 Å². The summed E-state index contributed by atoms with van der Waals surface area (Å²) in [5.41, 5.74) is 15.7. The van der Waals surface area contributed by atoms with Crippen LogP contribution in [0.5, 0.6) is 0 Å². The average molecular weight is 666 g/mol. The van der Waals surface area contributed by atoms with Gasteiger partial charge in [-0.2, -0.15) is 0 Å². The summed E-state index contributed by atoms with van der Waals surface area (Å²) in [5, 5.41) is 2.17. The van der Waals surface area contributed by atoms with Crippen LogP contribution in [0, 0.1) is 0 Å². The van der Waals surface area contributed by atoms with Gasteiger partial charge in [0.2, 0.25) is 5.89 Å². The Labute approximate surface area is 301 Å². The van der Waals surface area contributed by atoms with Crippen LogP contribution in [0.2, 0.25) is 0 Å². The summed E-state index contributed by atoms with van der Waals surface area (Å²) in [7, 11) is 0. The Hall–Kier alpha value is -6.97. The van der Waals surface area contributed by atoms with E-state index in [1.54, 1.807) is 0 Å². The van der Waals surface area contributed by atoms with Crippen molar-refractivity contribution in [2.75, 3.05) is 0 Å². The highest BCUT2D eigenvalue weighted by Crippen LogP contribution is 2.42. The second kappa shape index (κ2) is 12.4. The van der Waals surface area contributed by atoms with E-state index < -0.39 is 0 Å². The second-order valence-corrected chi connectivity index (χ2v) is 13.2. The maximum Gasteiger partial charge on any atom is 0.227 e. The number of oxazole rings is 1. The van der Waals surface area contributed by atoms with Crippen molar-refractivity contribution in [2.45, 2.75) is 0 Å². The molecule has 0 amide bonds. The molecule has 2 aromatic heterocycles. The molecule has 8 aromatic carbocycles. The van der Waals surface area contributed by atoms with Gasteiger partial charge in [-0.1, -0.05) is 127 Å². The predicted molar refractivity (Wildman–Crippen MR) is 214 cm³/mol. The number of nitrogens with zero attached hydrogens (tertiary/aromatic N) is 1. The molecule has 10 aromatic rings. The summed E-state index contributed by atoms with van der Waals surface area (Å²) < 4.78 is 12.8. The van der Waals surface area contributed by atoms with Gasteiger partial charge >= 0.3 is 0 Å². The van der Waals surface area contributed by atoms with Crippen molar-refractivity contribution >= 4 is 33.0 Å². The van der Waals surface area contributed by atoms with Gasteiger partial charge in [0.15, 0.2) is 5.58 Å². The van der Waals surface area contributed by atoms with E-state index in [0.717, 1.165) is 66.4 Å². The number of hydrogen-bond donors (Lipinski definition) is 0. The fourth-order valence-corrected chi connectivity index (χ4v) is 7.24. The van der Waals surface area contributed by atoms with Gasteiger partial charge in [-0.25, -0.2) is 4.98 Å². The first-order valence-corrected chi connectivity index (χ1v) is 17.5. The highest BCUT2D eigenvalue weighted by Gasteiger charge is 2.17. The first kappa shape index (κ1) is 29.9. The molecule has 10 rings (SSSR count). The monoisotopic (exact) mass is 665 g/mol. The molecule has 0 unspecified atom stereocenters. The Balaban J connectivity index is 1.13. The Morgan fingerprint density at radius 2 is 0.827 bits per heavy atom. The van der Waals surface area contributed by atoms with Gasteiger partial charge in [0.1, 0.15) is 16.7 Å². The lowest BCUT2D eigenvalue weighted by Crippen LogP contribution is -1.86. The van der Waals surface area contributed by atoms with Gasteiger partial charge in [-0.3, -0.25) is 0 Å². The van der Waals surface area contributed by atoms with E-state index >= 15 is 0 Å². The van der Waals surface area contributed by atoms with Gasteiger partial charge in [0.25, 0.3) is 0 Å². The van der Waals surface area contributed by atoms with Crippen LogP contribution in [0.1, 0.15) is 0 Å². The molecule has 0 aliphatic carbocycles. The minimum absolute atomic E-state index is 0.608. The van der Waals surface area contributed by atoms with Gasteiger partial charge in [0.05, 0.1) is 0 Å². The molecule has 0 aliphatic heterocycles. The van der Waals surface area contributed by atoms with E-state index in [1.807, 2.05) is 24.3 Å². The van der Waals surface area contributed by atoms with Crippen molar-refractivity contribution in [1.29, 1.82) is 0 Å². The number of rotatable bonds is 6. The molecule has 0 radical (unpaired) electrons. The standard InChI is InChI=1S/C49H31NO2/c1-3-11-32(12-4-1)36-15-9-17-38(27-36)40-25-26-46-43(29-40)44-31-41(39-18-10-16-37(28-39)33-13-5-2-6-14-33)30-42(48(44)51-46)34-21-23-35(24-22-34)49-50-45-19-7-8-20-47(45)52-49/h1-31H. The third-order valence-electron chi connectivity index (χ3n) is 9.91. The molecule has 244 valence electrons. The van der Waals surface area contributed by atoms with Crippen LogP contribution in [-0.4, -0.2) is 4.98 Å². The molecular weight excluding hydrogens is 635 g/mol. The maximum atomic E-state index is 6.73. The average Bonchev–Trinajstić information content (AvgIpc) is 3.83. The van der Waals surface area contributed by atoms with E-state index in [2.05, 4.69) is 164 Å². The smallest absolute Gasteiger partial charge is 0.227 e. The Morgan fingerprint density at radius 1 is 0.308 bits per heavy atom. The quantitative estimate of drug-likeness (QED) is 0.177. The molecule has 0 N–H and O–H groups in total. The zero-order valence-corrected chi connectivity index (χ0v) is 28.2. The minimum atomic E-state index is 0.608. The normalized spacial score (nSPS) is 11.5. The van der Waals surface area contributed by atoms with E-state index in [-0.39, 0.29) is 0 Å². The largest absolute Gasteiger partial charge is 0.455 e. The summed E-state index contributed by atoms with van der Waals surface area (Å²) in [5.74, 6) is 0.608. The number of para-hydroxylation sites is 2. The molecule has 0 atom stereocenters. The van der Waals surface area contributed by atoms with Crippen LogP contribution >= 0.6 is 0 Å². The van der Waals surface area contributed by atoms with Crippen molar-refractivity contribution in [1.82, 2.24) is 4.98 Å². The molecule has 0 aliphatic rings. The molecule has 0 spiro atoms. The molecule has 0 saturated heterocycles. The van der Waals surface area contributed by atoms with E-state index in [1.165, 1.54) is 27.8 Å². The summed E-state index contributed by atoms with van der Waals surface area (Å²) in [4.78, 5) is 4.72. The summed E-state index contributed by atoms with van der Waals surface area (Å²) in [6.45, 7) is 0. The summed E-state index contributed by atoms with van der Waals surface area (Å²) >= 11 is 0. The SMILES string of the molecule is c1ccc(-c2cccc(-c3ccc4oc5c(-c6ccc(-c7nc8ccccc8o7)cc6)cc(-c6cccc(-c7ccccc7)c6)cc5c4c3)c2)cc1. The molecule has 3 heteroatoms. The summed E-state index contributed by atoms with van der Waals surface area (Å²) in [6, 6.07) is 66.0. The lowest BCUT2D eigenvalue weighted by Gasteiger charge is -2.10. The van der Waals surface area contributed by atoms with E-state index in [4.69, 9.17) is 13.8 Å². The molecule has 52 heavy (non-hydrogen) atoms. The molecule has 0 bridgehead atoms.